The van der Waals surface area contributed by atoms with Crippen LogP contribution >= 0.6 is 0 Å². The lowest BCUT2D eigenvalue weighted by molar-refractivity contribution is -0.137. The Bertz CT molecular complexity index is 579. The molecule has 2 rings (SSSR count). The number of nitrogens with two attached hydrogens (primary N) is 1. The second-order valence-electron chi connectivity index (χ2n) is 3.82. The van der Waals surface area contributed by atoms with Gasteiger partial charge in [0, 0.05) is 16.8 Å². The van der Waals surface area contributed by atoms with E-state index < -0.39 is 17.5 Å². The smallest absolute Gasteiger partial charge is 0.416 e. The fourth-order valence-corrected chi connectivity index (χ4v) is 1.68. The third kappa shape index (κ3) is 2.25. The quantitative estimate of drug-likeness (QED) is 0.762. The Kier molecular flexibility index (Phi) is 2.90. The maximum atomic E-state index is 12.4. The summed E-state index contributed by atoms with van der Waals surface area (Å²) in [5, 5.41) is 9.68. The number of nitrogen functional groups attached to an aromatic ring is 1. The summed E-state index contributed by atoms with van der Waals surface area (Å²) < 4.78 is 37.3. The van der Waals surface area contributed by atoms with Crippen molar-refractivity contribution < 1.29 is 18.3 Å². The van der Waals surface area contributed by atoms with Crippen LogP contribution in [-0.2, 0) is 6.18 Å². The molecule has 94 valence electrons. The average molecular weight is 253 g/mol. The lowest BCUT2D eigenvalue weighted by Gasteiger charge is -2.11. The Labute approximate surface area is 101 Å². The minimum atomic E-state index is -4.47. The number of alkyl halides is 3. The van der Waals surface area contributed by atoms with Gasteiger partial charge in [0.25, 0.3) is 0 Å². The fourth-order valence-electron chi connectivity index (χ4n) is 1.68. The van der Waals surface area contributed by atoms with Gasteiger partial charge in [-0.05, 0) is 24.3 Å². The minimum Gasteiger partial charge on any atom is -0.507 e. The van der Waals surface area contributed by atoms with Gasteiger partial charge in [-0.1, -0.05) is 18.2 Å². The van der Waals surface area contributed by atoms with E-state index in [1.54, 1.807) is 24.3 Å². The molecule has 0 aliphatic heterocycles. The van der Waals surface area contributed by atoms with Crippen molar-refractivity contribution in [1.29, 1.82) is 0 Å². The van der Waals surface area contributed by atoms with E-state index in [1.165, 1.54) is 6.07 Å². The zero-order valence-electron chi connectivity index (χ0n) is 9.20. The van der Waals surface area contributed by atoms with Crippen LogP contribution < -0.4 is 5.73 Å². The first-order valence-corrected chi connectivity index (χ1v) is 5.14. The van der Waals surface area contributed by atoms with Crippen LogP contribution in [-0.4, -0.2) is 5.11 Å². The fraction of sp³-hybridized carbons (Fsp3) is 0.0769. The van der Waals surface area contributed by atoms with Gasteiger partial charge in [-0.3, -0.25) is 0 Å². The molecule has 0 radical (unpaired) electrons. The number of benzene rings is 2. The molecule has 2 aromatic rings. The molecule has 18 heavy (non-hydrogen) atoms. The van der Waals surface area contributed by atoms with Crippen LogP contribution in [0.1, 0.15) is 5.56 Å². The van der Waals surface area contributed by atoms with Gasteiger partial charge in [0.15, 0.2) is 0 Å². The zero-order valence-corrected chi connectivity index (χ0v) is 9.20. The molecule has 0 fully saturated rings. The highest BCUT2D eigenvalue weighted by atomic mass is 19.4. The third-order valence-corrected chi connectivity index (χ3v) is 2.58. The highest BCUT2D eigenvalue weighted by Gasteiger charge is 2.31. The summed E-state index contributed by atoms with van der Waals surface area (Å²) in [5.41, 5.74) is 6.00. The molecule has 0 heterocycles. The van der Waals surface area contributed by atoms with Crippen molar-refractivity contribution >= 4 is 5.69 Å². The summed E-state index contributed by atoms with van der Waals surface area (Å²) in [6, 6.07) is 9.49. The molecule has 0 bridgehead atoms. The zero-order chi connectivity index (χ0) is 13.3. The Morgan fingerprint density at radius 3 is 2.17 bits per heavy atom. The van der Waals surface area contributed by atoms with E-state index in [1.807, 2.05) is 0 Å². The standard InChI is InChI=1S/C13H10F3NO/c14-13(15,16)8-5-6-10(12(18)7-8)9-3-1-2-4-11(9)17/h1-7,18H,17H2. The molecule has 2 nitrogen and oxygen atoms in total. The van der Waals surface area contributed by atoms with Gasteiger partial charge in [-0.25, -0.2) is 0 Å². The van der Waals surface area contributed by atoms with Crippen molar-refractivity contribution in [3.8, 4) is 16.9 Å². The van der Waals surface area contributed by atoms with E-state index in [4.69, 9.17) is 5.73 Å². The monoisotopic (exact) mass is 253 g/mol. The van der Waals surface area contributed by atoms with Gasteiger partial charge >= 0.3 is 6.18 Å². The van der Waals surface area contributed by atoms with Crippen molar-refractivity contribution in [3.05, 3.63) is 48.0 Å². The number of hydrogen-bond acceptors (Lipinski definition) is 2. The molecular weight excluding hydrogens is 243 g/mol. The number of anilines is 1. The van der Waals surface area contributed by atoms with Crippen LogP contribution in [0.25, 0.3) is 11.1 Å². The van der Waals surface area contributed by atoms with Crippen molar-refractivity contribution in [1.82, 2.24) is 0 Å². The molecule has 3 N–H and O–H groups in total. The first-order chi connectivity index (χ1) is 8.39. The van der Waals surface area contributed by atoms with Crippen molar-refractivity contribution in [2.45, 2.75) is 6.18 Å². The normalized spacial score (nSPS) is 11.5. The molecule has 0 atom stereocenters. The van der Waals surface area contributed by atoms with Gasteiger partial charge in [0.05, 0.1) is 5.56 Å². The molecule has 0 amide bonds. The van der Waals surface area contributed by atoms with Gasteiger partial charge in [-0.15, -0.1) is 0 Å². The topological polar surface area (TPSA) is 46.2 Å². The van der Waals surface area contributed by atoms with Crippen LogP contribution in [0.15, 0.2) is 42.5 Å². The lowest BCUT2D eigenvalue weighted by Crippen LogP contribution is -2.04. The number of rotatable bonds is 1. The average Bonchev–Trinajstić information content (AvgIpc) is 2.29. The van der Waals surface area contributed by atoms with Crippen LogP contribution in [0.2, 0.25) is 0 Å². The third-order valence-electron chi connectivity index (χ3n) is 2.58. The predicted octanol–water partition coefficient (Wildman–Crippen LogP) is 3.66. The second-order valence-corrected chi connectivity index (χ2v) is 3.82. The molecule has 2 aromatic carbocycles. The van der Waals surface area contributed by atoms with E-state index in [-0.39, 0.29) is 5.56 Å². The molecule has 0 aliphatic carbocycles. The van der Waals surface area contributed by atoms with Crippen molar-refractivity contribution in [2.24, 2.45) is 0 Å². The summed E-state index contributed by atoms with van der Waals surface area (Å²) >= 11 is 0. The SMILES string of the molecule is Nc1ccccc1-c1ccc(C(F)(F)F)cc1O. The van der Waals surface area contributed by atoms with E-state index in [0.717, 1.165) is 6.07 Å². The van der Waals surface area contributed by atoms with Gasteiger partial charge < -0.3 is 10.8 Å². The van der Waals surface area contributed by atoms with Crippen molar-refractivity contribution in [3.63, 3.8) is 0 Å². The summed E-state index contributed by atoms with van der Waals surface area (Å²) in [5.74, 6) is -0.442. The molecule has 0 saturated carbocycles. The van der Waals surface area contributed by atoms with Crippen molar-refractivity contribution in [2.75, 3.05) is 5.73 Å². The number of para-hydroxylation sites is 1. The van der Waals surface area contributed by atoms with Gasteiger partial charge in [0.2, 0.25) is 0 Å². The number of aromatic hydroxyl groups is 1. The Balaban J connectivity index is 2.52. The summed E-state index contributed by atoms with van der Waals surface area (Å²) in [4.78, 5) is 0. The lowest BCUT2D eigenvalue weighted by atomic mass is 10.0. The molecule has 0 spiro atoms. The van der Waals surface area contributed by atoms with Crippen LogP contribution in [0.5, 0.6) is 5.75 Å². The number of phenolic OH excluding ortho intramolecular Hbond substituents is 1. The Morgan fingerprint density at radius 1 is 0.944 bits per heavy atom. The van der Waals surface area contributed by atoms with E-state index >= 15 is 0 Å². The first-order valence-electron chi connectivity index (χ1n) is 5.14. The maximum Gasteiger partial charge on any atom is 0.416 e. The summed E-state index contributed by atoms with van der Waals surface area (Å²) in [6.07, 6.45) is -4.47. The van der Waals surface area contributed by atoms with Crippen LogP contribution in [0.4, 0.5) is 18.9 Å². The molecule has 0 saturated heterocycles. The van der Waals surface area contributed by atoms with Crippen LogP contribution in [0, 0.1) is 0 Å². The molecule has 0 aromatic heterocycles. The molecular formula is C13H10F3NO. The number of halogens is 3. The number of phenols is 1. The predicted molar refractivity (Wildman–Crippen MR) is 63.0 cm³/mol. The van der Waals surface area contributed by atoms with Gasteiger partial charge in [-0.2, -0.15) is 13.2 Å². The summed E-state index contributed by atoms with van der Waals surface area (Å²) in [7, 11) is 0. The van der Waals surface area contributed by atoms with Crippen LogP contribution in [0.3, 0.4) is 0 Å². The van der Waals surface area contributed by atoms with E-state index in [9.17, 15) is 18.3 Å². The van der Waals surface area contributed by atoms with Gasteiger partial charge in [0.1, 0.15) is 5.75 Å². The Hall–Kier alpha value is -2.17. The highest BCUT2D eigenvalue weighted by Crippen LogP contribution is 2.37. The molecule has 0 aliphatic rings. The first kappa shape index (κ1) is 12.3. The highest BCUT2D eigenvalue weighted by molar-refractivity contribution is 5.80. The van der Waals surface area contributed by atoms with E-state index in [0.29, 0.717) is 17.3 Å². The minimum absolute atomic E-state index is 0.279. The second kappa shape index (κ2) is 4.25. The Morgan fingerprint density at radius 2 is 1.61 bits per heavy atom. The molecule has 0 unspecified atom stereocenters. The number of hydrogen-bond donors (Lipinski definition) is 2. The molecule has 5 heteroatoms. The summed E-state index contributed by atoms with van der Waals surface area (Å²) in [6.45, 7) is 0. The van der Waals surface area contributed by atoms with E-state index in [2.05, 4.69) is 0 Å². The maximum absolute atomic E-state index is 12.4. The largest absolute Gasteiger partial charge is 0.507 e.